The molecular weight excluding hydrogens is 354 g/mol. The second-order valence-electron chi connectivity index (χ2n) is 6.35. The van der Waals surface area contributed by atoms with E-state index in [1.807, 2.05) is 0 Å². The molecule has 0 aliphatic carbocycles. The number of hydrogen-bond donors (Lipinski definition) is 0. The van der Waals surface area contributed by atoms with Crippen LogP contribution in [0, 0.1) is 0 Å². The smallest absolute Gasteiger partial charge is 0.268 e. The molecule has 0 spiro atoms. The summed E-state index contributed by atoms with van der Waals surface area (Å²) < 4.78 is 26.6. The van der Waals surface area contributed by atoms with Crippen molar-refractivity contribution < 1.29 is 18.0 Å². The third-order valence-electron chi connectivity index (χ3n) is 4.70. The molecule has 1 aromatic heterocycles. The first-order chi connectivity index (χ1) is 12.5. The summed E-state index contributed by atoms with van der Waals surface area (Å²) in [6.07, 6.45) is 3.24. The Morgan fingerprint density at radius 3 is 2.31 bits per heavy atom. The predicted octanol–water partition coefficient (Wildman–Crippen LogP) is 1.66. The van der Waals surface area contributed by atoms with Gasteiger partial charge in [0.25, 0.3) is 11.8 Å². The molecule has 1 saturated heterocycles. The molecule has 0 saturated carbocycles. The topological polar surface area (TPSA) is 87.6 Å². The lowest BCUT2D eigenvalue weighted by Crippen LogP contribution is -2.29. The fourth-order valence-electron chi connectivity index (χ4n) is 3.28. The van der Waals surface area contributed by atoms with E-state index in [0.29, 0.717) is 24.2 Å². The molecule has 8 heteroatoms. The third-order valence-corrected chi connectivity index (χ3v) is 6.61. The van der Waals surface area contributed by atoms with E-state index in [1.54, 1.807) is 24.3 Å². The summed E-state index contributed by atoms with van der Waals surface area (Å²) >= 11 is 0. The van der Waals surface area contributed by atoms with Crippen LogP contribution in [0.15, 0.2) is 47.5 Å². The van der Waals surface area contributed by atoms with E-state index in [-0.39, 0.29) is 23.0 Å². The van der Waals surface area contributed by atoms with Gasteiger partial charge in [-0.25, -0.2) is 8.42 Å². The number of sulfonamides is 1. The minimum atomic E-state index is -3.47. The number of pyridine rings is 1. The van der Waals surface area contributed by atoms with Gasteiger partial charge in [0.2, 0.25) is 10.0 Å². The van der Waals surface area contributed by atoms with Crippen LogP contribution < -0.4 is 0 Å². The van der Waals surface area contributed by atoms with Crippen LogP contribution >= 0.6 is 0 Å². The van der Waals surface area contributed by atoms with E-state index in [2.05, 4.69) is 4.98 Å². The maximum absolute atomic E-state index is 12.5. The molecule has 0 unspecified atom stereocenters. The molecule has 0 atom stereocenters. The van der Waals surface area contributed by atoms with Gasteiger partial charge in [0, 0.05) is 19.3 Å². The molecule has 1 fully saturated rings. The van der Waals surface area contributed by atoms with Crippen molar-refractivity contribution in [3.8, 4) is 0 Å². The summed E-state index contributed by atoms with van der Waals surface area (Å²) in [5.74, 6) is -0.814. The SMILES string of the molecule is O=C1c2cccnc2C(=O)N1Cc1ccc(S(=O)(=O)N2CCCC2)cc1. The molecular formula is C18H17N3O4S. The van der Waals surface area contributed by atoms with Crippen molar-refractivity contribution in [3.05, 3.63) is 59.4 Å². The monoisotopic (exact) mass is 371 g/mol. The summed E-state index contributed by atoms with van der Waals surface area (Å²) in [7, 11) is -3.47. The Bertz CT molecular complexity index is 945. The average Bonchev–Trinajstić information content (AvgIpc) is 3.27. The Kier molecular flexibility index (Phi) is 4.08. The lowest BCUT2D eigenvalue weighted by molar-refractivity contribution is 0.0640. The molecule has 2 aliphatic rings. The van der Waals surface area contributed by atoms with E-state index in [1.165, 1.54) is 22.6 Å². The number of imide groups is 1. The van der Waals surface area contributed by atoms with Gasteiger partial charge in [0.15, 0.2) is 0 Å². The maximum atomic E-state index is 12.5. The van der Waals surface area contributed by atoms with Crippen LogP contribution in [0.2, 0.25) is 0 Å². The van der Waals surface area contributed by atoms with Crippen LogP contribution in [-0.4, -0.2) is 47.5 Å². The fraction of sp³-hybridized carbons (Fsp3) is 0.278. The Balaban J connectivity index is 1.54. The normalized spacial score (nSPS) is 17.8. The van der Waals surface area contributed by atoms with Crippen LogP contribution in [0.25, 0.3) is 0 Å². The summed E-state index contributed by atoms with van der Waals surface area (Å²) in [4.78, 5) is 30.1. The average molecular weight is 371 g/mol. The zero-order chi connectivity index (χ0) is 18.3. The minimum absolute atomic E-state index is 0.0814. The number of rotatable bonds is 4. The van der Waals surface area contributed by atoms with Crippen molar-refractivity contribution in [2.75, 3.05) is 13.1 Å². The van der Waals surface area contributed by atoms with Gasteiger partial charge in [0.05, 0.1) is 17.0 Å². The number of aromatic nitrogens is 1. The van der Waals surface area contributed by atoms with Gasteiger partial charge in [-0.1, -0.05) is 12.1 Å². The highest BCUT2D eigenvalue weighted by Gasteiger charge is 2.36. The van der Waals surface area contributed by atoms with Crippen LogP contribution in [0.3, 0.4) is 0 Å². The molecule has 0 radical (unpaired) electrons. The standard InChI is InChI=1S/C18H17N3O4S/c22-17-15-4-3-9-19-16(15)18(23)21(17)12-13-5-7-14(8-6-13)26(24,25)20-10-1-2-11-20/h3-9H,1-2,10-12H2. The van der Waals surface area contributed by atoms with Gasteiger partial charge >= 0.3 is 0 Å². The highest BCUT2D eigenvalue weighted by molar-refractivity contribution is 7.89. The van der Waals surface area contributed by atoms with Crippen molar-refractivity contribution in [2.45, 2.75) is 24.3 Å². The van der Waals surface area contributed by atoms with Gasteiger partial charge in [-0.3, -0.25) is 19.5 Å². The van der Waals surface area contributed by atoms with Gasteiger partial charge in [-0.2, -0.15) is 4.31 Å². The van der Waals surface area contributed by atoms with Gasteiger partial charge in [-0.15, -0.1) is 0 Å². The molecule has 26 heavy (non-hydrogen) atoms. The van der Waals surface area contributed by atoms with Gasteiger partial charge < -0.3 is 0 Å². The Labute approximate surface area is 151 Å². The number of carbonyl (C=O) groups excluding carboxylic acids is 2. The first-order valence-corrected chi connectivity index (χ1v) is 9.83. The molecule has 4 rings (SSSR count). The van der Waals surface area contributed by atoms with Gasteiger partial charge in [0.1, 0.15) is 5.69 Å². The summed E-state index contributed by atoms with van der Waals surface area (Å²) in [5.41, 5.74) is 1.14. The molecule has 2 amide bonds. The number of fused-ring (bicyclic) bond motifs is 1. The number of carbonyl (C=O) groups is 2. The number of hydrogen-bond acceptors (Lipinski definition) is 5. The van der Waals surface area contributed by atoms with Crippen LogP contribution in [0.1, 0.15) is 39.3 Å². The third kappa shape index (κ3) is 2.71. The van der Waals surface area contributed by atoms with Crippen LogP contribution in [0.5, 0.6) is 0 Å². The molecule has 0 bridgehead atoms. The van der Waals surface area contributed by atoms with Crippen LogP contribution in [0.4, 0.5) is 0 Å². The van der Waals surface area contributed by atoms with Crippen LogP contribution in [-0.2, 0) is 16.6 Å². The summed E-state index contributed by atoms with van der Waals surface area (Å²) in [5, 5.41) is 0. The quantitative estimate of drug-likeness (QED) is 0.763. The lowest BCUT2D eigenvalue weighted by Gasteiger charge is -2.17. The zero-order valence-corrected chi connectivity index (χ0v) is 14.8. The van der Waals surface area contributed by atoms with E-state index in [0.717, 1.165) is 17.7 Å². The number of nitrogens with zero attached hydrogens (tertiary/aromatic N) is 3. The first kappa shape index (κ1) is 16.9. The van der Waals surface area contributed by atoms with Crippen molar-refractivity contribution in [1.82, 2.24) is 14.2 Å². The summed E-state index contributed by atoms with van der Waals surface area (Å²) in [6, 6.07) is 9.53. The van der Waals surface area contributed by atoms with Crippen molar-refractivity contribution >= 4 is 21.8 Å². The second-order valence-corrected chi connectivity index (χ2v) is 8.29. The van der Waals surface area contributed by atoms with Gasteiger partial charge in [-0.05, 0) is 42.7 Å². The predicted molar refractivity (Wildman–Crippen MR) is 92.9 cm³/mol. The molecule has 2 aromatic rings. The van der Waals surface area contributed by atoms with Crippen molar-refractivity contribution in [1.29, 1.82) is 0 Å². The molecule has 1 aromatic carbocycles. The lowest BCUT2D eigenvalue weighted by atomic mass is 10.2. The molecule has 3 heterocycles. The van der Waals surface area contributed by atoms with E-state index in [4.69, 9.17) is 0 Å². The number of amides is 2. The maximum Gasteiger partial charge on any atom is 0.280 e. The molecule has 2 aliphatic heterocycles. The molecule has 7 nitrogen and oxygen atoms in total. The van der Waals surface area contributed by atoms with Crippen molar-refractivity contribution in [3.63, 3.8) is 0 Å². The zero-order valence-electron chi connectivity index (χ0n) is 14.0. The first-order valence-electron chi connectivity index (χ1n) is 8.39. The van der Waals surface area contributed by atoms with Crippen molar-refractivity contribution in [2.24, 2.45) is 0 Å². The van der Waals surface area contributed by atoms with E-state index in [9.17, 15) is 18.0 Å². The highest BCUT2D eigenvalue weighted by atomic mass is 32.2. The fourth-order valence-corrected chi connectivity index (χ4v) is 4.80. The number of benzene rings is 1. The minimum Gasteiger partial charge on any atom is -0.268 e. The highest BCUT2D eigenvalue weighted by Crippen LogP contribution is 2.24. The largest absolute Gasteiger partial charge is 0.280 e. The Hall–Kier alpha value is -2.58. The Morgan fingerprint density at radius 1 is 0.962 bits per heavy atom. The molecule has 134 valence electrons. The van der Waals surface area contributed by atoms with E-state index < -0.39 is 15.9 Å². The second kappa shape index (κ2) is 6.30. The molecule has 0 N–H and O–H groups in total. The summed E-state index contributed by atoms with van der Waals surface area (Å²) in [6.45, 7) is 1.18. The Morgan fingerprint density at radius 2 is 1.65 bits per heavy atom. The van der Waals surface area contributed by atoms with E-state index >= 15 is 0 Å².